The van der Waals surface area contributed by atoms with Crippen molar-refractivity contribution in [3.05, 3.63) is 131 Å². The van der Waals surface area contributed by atoms with Crippen molar-refractivity contribution < 1.29 is 14.0 Å². The number of carbonyl (C=O) groups is 2. The fourth-order valence-corrected chi connectivity index (χ4v) is 5.81. The van der Waals surface area contributed by atoms with Gasteiger partial charge < -0.3 is 10.6 Å². The summed E-state index contributed by atoms with van der Waals surface area (Å²) in [6.45, 7) is 2.05. The first kappa shape index (κ1) is 25.5. The largest absolute Gasteiger partial charge is 0.324 e. The zero-order valence-electron chi connectivity index (χ0n) is 21.6. The summed E-state index contributed by atoms with van der Waals surface area (Å²) in [6, 6.07) is 28.3. The highest BCUT2D eigenvalue weighted by atomic mass is 32.1. The van der Waals surface area contributed by atoms with Crippen LogP contribution in [0.25, 0.3) is 10.1 Å². The number of para-hydroxylation sites is 1. The second kappa shape index (κ2) is 10.7. The second-order valence-corrected chi connectivity index (χ2v) is 10.5. The predicted molar refractivity (Wildman–Crippen MR) is 158 cm³/mol. The van der Waals surface area contributed by atoms with E-state index in [4.69, 9.17) is 4.99 Å². The number of hydrogen-bond donors (Lipinski definition) is 2. The second-order valence-electron chi connectivity index (χ2n) is 9.55. The fourth-order valence-electron chi connectivity index (χ4n) is 4.85. The normalized spacial score (nSPS) is 14.6. The molecule has 1 aliphatic rings. The minimum Gasteiger partial charge on any atom is -0.322 e. The van der Waals surface area contributed by atoms with Gasteiger partial charge in [-0.3, -0.25) is 9.69 Å². The monoisotopic (exact) mass is 548 g/mol. The summed E-state index contributed by atoms with van der Waals surface area (Å²) in [4.78, 5) is 33.9. The summed E-state index contributed by atoms with van der Waals surface area (Å²) in [6.07, 6.45) is -1.27. The van der Waals surface area contributed by atoms with E-state index < -0.39 is 23.9 Å². The number of nitrogens with zero attached hydrogens (tertiary/aromatic N) is 2. The molecule has 6 nitrogen and oxygen atoms in total. The Morgan fingerprint density at radius 1 is 0.975 bits per heavy atom. The van der Waals surface area contributed by atoms with Crippen LogP contribution in [-0.2, 0) is 11.3 Å². The van der Waals surface area contributed by atoms with Crippen LogP contribution in [0.15, 0.2) is 107 Å². The number of aliphatic imine (C=N–C) groups is 1. The molecule has 6 rings (SSSR count). The quantitative estimate of drug-likeness (QED) is 0.244. The van der Waals surface area contributed by atoms with Crippen LogP contribution in [0, 0.1) is 12.7 Å². The Bertz CT molecular complexity index is 1780. The Morgan fingerprint density at radius 2 is 1.73 bits per heavy atom. The SMILES string of the molecule is Cc1cccc(NC(=O)N(Cc2csc3ccccc23)C2N=C(c3ccccc3F)c3ccccc3NC2=O)c1. The first-order valence-electron chi connectivity index (χ1n) is 12.8. The summed E-state index contributed by atoms with van der Waals surface area (Å²) in [5.41, 5.74) is 4.08. The predicted octanol–water partition coefficient (Wildman–Crippen LogP) is 7.20. The number of anilines is 2. The third-order valence-electron chi connectivity index (χ3n) is 6.78. The molecule has 5 aromatic rings. The van der Waals surface area contributed by atoms with Crippen molar-refractivity contribution in [1.82, 2.24) is 4.90 Å². The van der Waals surface area contributed by atoms with Crippen LogP contribution in [0.2, 0.25) is 0 Å². The molecule has 8 heteroatoms. The maximum Gasteiger partial charge on any atom is 0.324 e. The smallest absolute Gasteiger partial charge is 0.322 e. The van der Waals surface area contributed by atoms with Crippen molar-refractivity contribution >= 4 is 50.4 Å². The molecule has 0 fully saturated rings. The Balaban J connectivity index is 1.48. The van der Waals surface area contributed by atoms with Gasteiger partial charge in [0.05, 0.1) is 17.9 Å². The van der Waals surface area contributed by atoms with Crippen LogP contribution >= 0.6 is 11.3 Å². The maximum absolute atomic E-state index is 15.1. The first-order chi connectivity index (χ1) is 19.5. The van der Waals surface area contributed by atoms with Crippen molar-refractivity contribution in [3.63, 3.8) is 0 Å². The standard InChI is InChI=1S/C32H25FN4O2S/c1-20-9-8-10-22(17-20)34-32(39)37(18-21-19-40-28-16-7-4-11-23(21)28)30-31(38)35-27-15-6-3-13-25(27)29(36-30)24-12-2-5-14-26(24)33/h2-17,19,30H,18H2,1H3,(H,34,39)(H,35,38). The number of benzodiazepines with no additional fused rings is 1. The number of carbonyl (C=O) groups excluding carboxylic acids is 2. The zero-order chi connectivity index (χ0) is 27.6. The van der Waals surface area contributed by atoms with Crippen LogP contribution in [0.4, 0.5) is 20.6 Å². The van der Waals surface area contributed by atoms with Gasteiger partial charge in [-0.2, -0.15) is 0 Å². The lowest BCUT2D eigenvalue weighted by Gasteiger charge is -2.28. The van der Waals surface area contributed by atoms with Gasteiger partial charge in [0.15, 0.2) is 0 Å². The van der Waals surface area contributed by atoms with E-state index in [2.05, 4.69) is 10.6 Å². The van der Waals surface area contributed by atoms with Crippen molar-refractivity contribution in [2.45, 2.75) is 19.6 Å². The maximum atomic E-state index is 15.1. The molecule has 3 amide bonds. The number of amides is 3. The number of rotatable bonds is 5. The van der Waals surface area contributed by atoms with Gasteiger partial charge in [0, 0.05) is 21.5 Å². The van der Waals surface area contributed by atoms with E-state index in [1.165, 1.54) is 11.0 Å². The number of hydrogen-bond acceptors (Lipinski definition) is 4. The molecule has 1 aromatic heterocycles. The van der Waals surface area contributed by atoms with Crippen molar-refractivity contribution in [3.8, 4) is 0 Å². The number of halogens is 1. The van der Waals surface area contributed by atoms with E-state index >= 15 is 4.39 Å². The number of fused-ring (bicyclic) bond motifs is 2. The molecule has 0 spiro atoms. The van der Waals surface area contributed by atoms with Gasteiger partial charge in [-0.05, 0) is 65.2 Å². The minimum atomic E-state index is -1.27. The van der Waals surface area contributed by atoms with E-state index in [9.17, 15) is 9.59 Å². The summed E-state index contributed by atoms with van der Waals surface area (Å²) < 4.78 is 16.2. The highest BCUT2D eigenvalue weighted by Gasteiger charge is 2.34. The third-order valence-corrected chi connectivity index (χ3v) is 7.79. The van der Waals surface area contributed by atoms with Crippen LogP contribution in [0.3, 0.4) is 0 Å². The fraction of sp³-hybridized carbons (Fsp3) is 0.0938. The molecule has 40 heavy (non-hydrogen) atoms. The highest BCUT2D eigenvalue weighted by molar-refractivity contribution is 7.17. The molecule has 1 aliphatic heterocycles. The topological polar surface area (TPSA) is 73.8 Å². The lowest BCUT2D eigenvalue weighted by atomic mass is 10.0. The van der Waals surface area contributed by atoms with Gasteiger partial charge in [-0.15, -0.1) is 11.3 Å². The molecule has 1 unspecified atom stereocenters. The summed E-state index contributed by atoms with van der Waals surface area (Å²) in [5.74, 6) is -0.957. The van der Waals surface area contributed by atoms with E-state index in [1.807, 2.05) is 54.8 Å². The van der Waals surface area contributed by atoms with Crippen LogP contribution in [-0.4, -0.2) is 28.7 Å². The van der Waals surface area contributed by atoms with E-state index in [1.54, 1.807) is 59.9 Å². The molecule has 0 saturated heterocycles. The lowest BCUT2D eigenvalue weighted by molar-refractivity contribution is -0.120. The van der Waals surface area contributed by atoms with Gasteiger partial charge >= 0.3 is 6.03 Å². The van der Waals surface area contributed by atoms with E-state index in [0.717, 1.165) is 21.2 Å². The summed E-state index contributed by atoms with van der Waals surface area (Å²) >= 11 is 1.57. The molecule has 1 atom stereocenters. The number of nitrogens with one attached hydrogen (secondary N) is 2. The molecule has 198 valence electrons. The number of benzene rings is 4. The van der Waals surface area contributed by atoms with E-state index in [0.29, 0.717) is 22.6 Å². The molecule has 2 N–H and O–H groups in total. The lowest BCUT2D eigenvalue weighted by Crippen LogP contribution is -2.47. The van der Waals surface area contributed by atoms with Gasteiger partial charge in [-0.25, -0.2) is 14.2 Å². The molecule has 0 saturated carbocycles. The van der Waals surface area contributed by atoms with Crippen LogP contribution in [0.1, 0.15) is 22.3 Å². The van der Waals surface area contributed by atoms with Crippen LogP contribution in [0.5, 0.6) is 0 Å². The number of urea groups is 1. The van der Waals surface area contributed by atoms with Crippen molar-refractivity contribution in [2.75, 3.05) is 10.6 Å². The third kappa shape index (κ3) is 4.97. The molecule has 2 heterocycles. The van der Waals surface area contributed by atoms with Gasteiger partial charge in [0.1, 0.15) is 5.82 Å². The molecule has 0 aliphatic carbocycles. The van der Waals surface area contributed by atoms with E-state index in [-0.39, 0.29) is 12.1 Å². The average Bonchev–Trinajstić information content (AvgIpc) is 3.30. The molecule has 0 radical (unpaired) electrons. The Hall–Kier alpha value is -4.82. The summed E-state index contributed by atoms with van der Waals surface area (Å²) in [5, 5.41) is 8.84. The molecule has 4 aromatic carbocycles. The van der Waals surface area contributed by atoms with Crippen molar-refractivity contribution in [1.29, 1.82) is 0 Å². The van der Waals surface area contributed by atoms with Crippen molar-refractivity contribution in [2.24, 2.45) is 4.99 Å². The molecular weight excluding hydrogens is 523 g/mol. The molecular formula is C32H25FN4O2S. The number of thiophene rings is 1. The zero-order valence-corrected chi connectivity index (χ0v) is 22.4. The number of aryl methyl sites for hydroxylation is 1. The van der Waals surface area contributed by atoms with Crippen LogP contribution < -0.4 is 10.6 Å². The Morgan fingerprint density at radius 3 is 2.55 bits per heavy atom. The van der Waals surface area contributed by atoms with Gasteiger partial charge in [0.2, 0.25) is 6.17 Å². The average molecular weight is 549 g/mol. The first-order valence-corrected chi connectivity index (χ1v) is 13.7. The minimum absolute atomic E-state index is 0.115. The Labute approximate surface area is 234 Å². The highest BCUT2D eigenvalue weighted by Crippen LogP contribution is 2.30. The van der Waals surface area contributed by atoms with Gasteiger partial charge in [0.25, 0.3) is 5.91 Å². The summed E-state index contributed by atoms with van der Waals surface area (Å²) in [7, 11) is 0. The molecule has 0 bridgehead atoms. The van der Waals surface area contributed by atoms with Gasteiger partial charge in [-0.1, -0.05) is 60.7 Å². The Kier molecular flexibility index (Phi) is 6.84.